The first kappa shape index (κ1) is 27.6. The van der Waals surface area contributed by atoms with Gasteiger partial charge in [0.2, 0.25) is 5.91 Å². The first-order valence-electron chi connectivity index (χ1n) is 11.6. The minimum absolute atomic E-state index is 0.0320. The maximum atomic E-state index is 13.9. The van der Waals surface area contributed by atoms with Gasteiger partial charge in [0.15, 0.2) is 5.69 Å². The van der Waals surface area contributed by atoms with Gasteiger partial charge < -0.3 is 26.4 Å². The quantitative estimate of drug-likeness (QED) is 0.388. The summed E-state index contributed by atoms with van der Waals surface area (Å²) in [5.74, 6) is -1.77. The Hall–Kier alpha value is -3.99. The predicted molar refractivity (Wildman–Crippen MR) is 140 cm³/mol. The zero-order valence-electron chi connectivity index (χ0n) is 21.1. The van der Waals surface area contributed by atoms with Crippen LogP contribution in [0.4, 0.5) is 10.1 Å². The van der Waals surface area contributed by atoms with E-state index in [1.165, 1.54) is 29.2 Å². The Kier molecular flexibility index (Phi) is 8.49. The third-order valence-corrected chi connectivity index (χ3v) is 6.10. The van der Waals surface area contributed by atoms with Gasteiger partial charge in [-0.05, 0) is 74.6 Å². The molecule has 0 aliphatic rings. The second-order valence-corrected chi connectivity index (χ2v) is 10.1. The predicted octanol–water partition coefficient (Wildman–Crippen LogP) is 3.66. The molecule has 0 saturated heterocycles. The summed E-state index contributed by atoms with van der Waals surface area (Å²) in [6.45, 7) is 7.75. The molecule has 0 radical (unpaired) electrons. The first-order valence-corrected chi connectivity index (χ1v) is 12.3. The lowest BCUT2D eigenvalue weighted by molar-refractivity contribution is -0.127. The maximum Gasteiger partial charge on any atom is 0.270 e. The summed E-state index contributed by atoms with van der Waals surface area (Å²) in [5.41, 5.74) is 11.5. The molecule has 1 atom stereocenters. The monoisotopic (exact) mass is 527 g/mol. The topological polar surface area (TPSA) is 141 Å². The molecule has 0 bridgehead atoms. The second-order valence-electron chi connectivity index (χ2n) is 9.34. The number of hydrogen-bond acceptors (Lipinski definition) is 7. The van der Waals surface area contributed by atoms with Gasteiger partial charge in [0, 0.05) is 12.1 Å². The fraction of sp³-hybridized carbons (Fsp3) is 0.308. The van der Waals surface area contributed by atoms with E-state index >= 15 is 0 Å². The summed E-state index contributed by atoms with van der Waals surface area (Å²) in [7, 11) is 0. The molecular weight excluding hydrogens is 497 g/mol. The summed E-state index contributed by atoms with van der Waals surface area (Å²) in [6.07, 6.45) is 0. The molecule has 37 heavy (non-hydrogen) atoms. The average Bonchev–Trinajstić information content (AvgIpc) is 3.21. The number of nitrogens with zero attached hydrogens (tertiary/aromatic N) is 2. The third kappa shape index (κ3) is 6.82. The first-order chi connectivity index (χ1) is 17.4. The number of aromatic nitrogens is 1. The van der Waals surface area contributed by atoms with Gasteiger partial charge in [0.25, 0.3) is 11.8 Å². The summed E-state index contributed by atoms with van der Waals surface area (Å²) >= 11 is 0.722. The van der Waals surface area contributed by atoms with Crippen LogP contribution in [0.5, 0.6) is 5.75 Å². The van der Waals surface area contributed by atoms with Crippen LogP contribution < -0.4 is 21.5 Å². The van der Waals surface area contributed by atoms with E-state index in [0.29, 0.717) is 23.5 Å². The summed E-state index contributed by atoms with van der Waals surface area (Å²) < 4.78 is 23.1. The zero-order chi connectivity index (χ0) is 27.3. The van der Waals surface area contributed by atoms with Crippen molar-refractivity contribution in [2.45, 2.75) is 45.8 Å². The molecule has 5 N–H and O–H groups in total. The SMILES string of the molecule is CCOc1ccc([C@H](C(=O)NC(C)(C)C)N(Cc2ccc(F)cc2)C(=O)c2snc(C(N)=O)c2N)cc1. The van der Waals surface area contributed by atoms with E-state index in [9.17, 15) is 18.8 Å². The number of nitrogen functional groups attached to an aromatic ring is 1. The lowest BCUT2D eigenvalue weighted by Gasteiger charge is -2.33. The van der Waals surface area contributed by atoms with Gasteiger partial charge >= 0.3 is 0 Å². The van der Waals surface area contributed by atoms with Crippen molar-refractivity contribution in [1.29, 1.82) is 0 Å². The van der Waals surface area contributed by atoms with Crippen LogP contribution in [0.2, 0.25) is 0 Å². The van der Waals surface area contributed by atoms with E-state index in [1.54, 1.807) is 24.3 Å². The normalized spacial score (nSPS) is 12.0. The van der Waals surface area contributed by atoms with Crippen molar-refractivity contribution in [3.8, 4) is 5.75 Å². The van der Waals surface area contributed by atoms with Crippen molar-refractivity contribution in [2.24, 2.45) is 5.73 Å². The van der Waals surface area contributed by atoms with Crippen molar-refractivity contribution in [3.05, 3.63) is 76.0 Å². The van der Waals surface area contributed by atoms with E-state index < -0.39 is 35.1 Å². The number of ether oxygens (including phenoxy) is 1. The number of carbonyl (C=O) groups is 3. The Morgan fingerprint density at radius 2 is 1.73 bits per heavy atom. The fourth-order valence-corrected chi connectivity index (χ4v) is 4.41. The van der Waals surface area contributed by atoms with Crippen LogP contribution in [-0.2, 0) is 11.3 Å². The van der Waals surface area contributed by atoms with E-state index in [-0.39, 0.29) is 22.8 Å². The molecule has 0 saturated carbocycles. The molecule has 1 heterocycles. The minimum atomic E-state index is -1.11. The molecule has 11 heteroatoms. The zero-order valence-corrected chi connectivity index (χ0v) is 21.9. The number of nitrogens with two attached hydrogens (primary N) is 2. The summed E-state index contributed by atoms with van der Waals surface area (Å²) in [4.78, 5) is 40.6. The number of halogens is 1. The van der Waals surface area contributed by atoms with Crippen LogP contribution in [0.25, 0.3) is 0 Å². The maximum absolute atomic E-state index is 13.9. The van der Waals surface area contributed by atoms with Crippen LogP contribution in [-0.4, -0.2) is 39.1 Å². The number of benzene rings is 2. The van der Waals surface area contributed by atoms with Gasteiger partial charge in [0.05, 0.1) is 12.3 Å². The lowest BCUT2D eigenvalue weighted by atomic mass is 10.00. The standard InChI is InChI=1S/C26H30FN5O4S/c1-5-36-18-12-8-16(9-13-18)21(24(34)30-26(2,3)4)32(14-15-6-10-17(27)11-7-15)25(35)22-19(28)20(23(29)33)31-37-22/h6-13,21H,5,14,28H2,1-4H3,(H2,29,33)(H,30,34)/t21-/m1/s1. The van der Waals surface area contributed by atoms with Gasteiger partial charge in [-0.3, -0.25) is 14.4 Å². The Bertz CT molecular complexity index is 1270. The Morgan fingerprint density at radius 1 is 1.11 bits per heavy atom. The highest BCUT2D eigenvalue weighted by molar-refractivity contribution is 7.09. The number of primary amides is 1. The smallest absolute Gasteiger partial charge is 0.270 e. The molecule has 3 rings (SSSR count). The van der Waals surface area contributed by atoms with Crippen LogP contribution in [0.1, 0.15) is 65.0 Å². The molecule has 3 aromatic rings. The molecule has 0 aliphatic carbocycles. The van der Waals surface area contributed by atoms with Crippen molar-refractivity contribution in [2.75, 3.05) is 12.3 Å². The molecule has 2 aromatic carbocycles. The second kappa shape index (κ2) is 11.4. The third-order valence-electron chi connectivity index (χ3n) is 5.25. The lowest BCUT2D eigenvalue weighted by Crippen LogP contribution is -2.49. The number of carbonyl (C=O) groups excluding carboxylic acids is 3. The van der Waals surface area contributed by atoms with Gasteiger partial charge in [0.1, 0.15) is 22.5 Å². The Balaban J connectivity index is 2.15. The van der Waals surface area contributed by atoms with Crippen molar-refractivity contribution in [1.82, 2.24) is 14.6 Å². The molecule has 3 amide bonds. The average molecular weight is 528 g/mol. The Labute approximate surface area is 218 Å². The van der Waals surface area contributed by atoms with E-state index in [0.717, 1.165) is 11.5 Å². The number of anilines is 1. The summed E-state index contributed by atoms with van der Waals surface area (Å²) in [6, 6.07) is 11.3. The van der Waals surface area contributed by atoms with E-state index in [1.807, 2.05) is 27.7 Å². The molecule has 0 aliphatic heterocycles. The van der Waals surface area contributed by atoms with Crippen LogP contribution >= 0.6 is 11.5 Å². The van der Waals surface area contributed by atoms with Gasteiger partial charge in [-0.15, -0.1) is 0 Å². The molecule has 0 fully saturated rings. The minimum Gasteiger partial charge on any atom is -0.494 e. The number of amides is 3. The van der Waals surface area contributed by atoms with Gasteiger partial charge in [-0.2, -0.15) is 4.37 Å². The van der Waals surface area contributed by atoms with Gasteiger partial charge in [-0.25, -0.2) is 4.39 Å². The van der Waals surface area contributed by atoms with Crippen LogP contribution in [0.3, 0.4) is 0 Å². The fourth-order valence-electron chi connectivity index (χ4n) is 3.65. The van der Waals surface area contributed by atoms with Crippen LogP contribution in [0, 0.1) is 5.82 Å². The van der Waals surface area contributed by atoms with Crippen LogP contribution in [0.15, 0.2) is 48.5 Å². The highest BCUT2D eigenvalue weighted by atomic mass is 32.1. The number of hydrogen-bond donors (Lipinski definition) is 3. The van der Waals surface area contributed by atoms with Crippen molar-refractivity contribution in [3.63, 3.8) is 0 Å². The molecule has 0 unspecified atom stereocenters. The van der Waals surface area contributed by atoms with E-state index in [4.69, 9.17) is 16.2 Å². The molecule has 9 nitrogen and oxygen atoms in total. The molecule has 0 spiro atoms. The molecule has 196 valence electrons. The number of rotatable bonds is 9. The molecule has 1 aromatic heterocycles. The number of nitrogens with one attached hydrogen (secondary N) is 1. The largest absolute Gasteiger partial charge is 0.494 e. The Morgan fingerprint density at radius 3 is 2.24 bits per heavy atom. The van der Waals surface area contributed by atoms with E-state index in [2.05, 4.69) is 9.69 Å². The summed E-state index contributed by atoms with van der Waals surface area (Å²) in [5, 5.41) is 2.94. The van der Waals surface area contributed by atoms with Crippen molar-refractivity contribution >= 4 is 34.9 Å². The highest BCUT2D eigenvalue weighted by Gasteiger charge is 2.36. The highest BCUT2D eigenvalue weighted by Crippen LogP contribution is 2.31. The van der Waals surface area contributed by atoms with Gasteiger partial charge in [-0.1, -0.05) is 24.3 Å². The van der Waals surface area contributed by atoms with Crippen molar-refractivity contribution < 1.29 is 23.5 Å². The molecular formula is C26H30FN5O4S.